The van der Waals surface area contributed by atoms with Crippen LogP contribution < -0.4 is 10.6 Å². The number of esters is 1. The number of nitrogens with zero attached hydrogens (tertiary/aromatic N) is 1. The summed E-state index contributed by atoms with van der Waals surface area (Å²) in [6.45, 7) is 1.39. The van der Waals surface area contributed by atoms with Crippen molar-refractivity contribution < 1.29 is 33.5 Å². The number of rotatable bonds is 6. The Morgan fingerprint density at radius 3 is 2.38 bits per heavy atom. The van der Waals surface area contributed by atoms with Gasteiger partial charge in [-0.15, -0.1) is 0 Å². The molecule has 1 aromatic carbocycles. The Morgan fingerprint density at radius 2 is 1.79 bits per heavy atom. The zero-order chi connectivity index (χ0) is 21.1. The number of amides is 5. The third kappa shape index (κ3) is 4.59. The van der Waals surface area contributed by atoms with Crippen molar-refractivity contribution in [3.63, 3.8) is 0 Å². The van der Waals surface area contributed by atoms with E-state index in [-0.39, 0.29) is 6.61 Å². The number of thioether (sulfide) groups is 2. The fourth-order valence-electron chi connectivity index (χ4n) is 2.62. The number of hydrogen-bond donors (Lipinski definition) is 2. The van der Waals surface area contributed by atoms with E-state index in [1.165, 1.54) is 24.3 Å². The largest absolute Gasteiger partial charge is 0.462 e. The minimum atomic E-state index is -1.06. The average molecular weight is 437 g/mol. The normalized spacial score (nSPS) is 21.3. The van der Waals surface area contributed by atoms with Gasteiger partial charge in [0.2, 0.25) is 17.7 Å². The van der Waals surface area contributed by atoms with E-state index in [9.17, 15) is 28.8 Å². The first-order chi connectivity index (χ1) is 13.8. The van der Waals surface area contributed by atoms with Gasteiger partial charge in [0.1, 0.15) is 17.0 Å². The lowest BCUT2D eigenvalue weighted by atomic mass is 10.2. The molecule has 2 heterocycles. The summed E-state index contributed by atoms with van der Waals surface area (Å²) < 4.78 is 4.87. The maximum Gasteiger partial charge on any atom is 0.338 e. The minimum absolute atomic E-state index is 0.239. The fraction of sp³-hybridized carbons (Fsp3) is 0.294. The second kappa shape index (κ2) is 8.66. The summed E-state index contributed by atoms with van der Waals surface area (Å²) in [7, 11) is 0. The van der Waals surface area contributed by atoms with Crippen molar-refractivity contribution in [3.8, 4) is 0 Å². The molecule has 2 saturated heterocycles. The number of carbonyl (C=O) groups excluding carboxylic acids is 6. The van der Waals surface area contributed by atoms with Gasteiger partial charge in [-0.25, -0.2) is 4.79 Å². The Morgan fingerprint density at radius 1 is 1.10 bits per heavy atom. The molecule has 0 aromatic heterocycles. The SMILES string of the molecule is CCOC(=O)c1ccc(NC(=O)CN2C(=O)SC(C3SC(=O)NC3=O)C2=O)cc1. The van der Waals surface area contributed by atoms with Gasteiger partial charge in [-0.05, 0) is 54.7 Å². The lowest BCUT2D eigenvalue weighted by molar-refractivity contribution is -0.131. The summed E-state index contributed by atoms with van der Waals surface area (Å²) in [4.78, 5) is 72.2. The lowest BCUT2D eigenvalue weighted by Gasteiger charge is -2.15. The van der Waals surface area contributed by atoms with Crippen molar-refractivity contribution >= 4 is 63.4 Å². The molecule has 0 bridgehead atoms. The molecular weight excluding hydrogens is 422 g/mol. The second-order valence-electron chi connectivity index (χ2n) is 5.89. The third-order valence-electron chi connectivity index (χ3n) is 3.93. The number of anilines is 1. The number of benzene rings is 1. The number of nitrogens with one attached hydrogen (secondary N) is 2. The van der Waals surface area contributed by atoms with E-state index >= 15 is 0 Å². The summed E-state index contributed by atoms with van der Waals surface area (Å²) in [5.41, 5.74) is 0.679. The van der Waals surface area contributed by atoms with Crippen molar-refractivity contribution in [2.75, 3.05) is 18.5 Å². The highest BCUT2D eigenvalue weighted by Gasteiger charge is 2.50. The van der Waals surface area contributed by atoms with Crippen LogP contribution in [0.25, 0.3) is 0 Å². The fourth-order valence-corrected chi connectivity index (χ4v) is 4.72. The topological polar surface area (TPSA) is 139 Å². The molecule has 2 N–H and O–H groups in total. The molecule has 29 heavy (non-hydrogen) atoms. The highest BCUT2D eigenvalue weighted by molar-refractivity contribution is 8.19. The molecule has 0 radical (unpaired) electrons. The standard InChI is InChI=1S/C17H15N3O7S2/c1-2-27-15(24)8-3-5-9(6-4-8)18-10(21)7-20-14(23)12(29-17(20)26)11-13(22)19-16(25)28-11/h3-6,11-12H,2,7H2,1H3,(H,18,21)(H,19,22,25). The van der Waals surface area contributed by atoms with Crippen molar-refractivity contribution in [2.45, 2.75) is 17.4 Å². The molecule has 2 fully saturated rings. The number of imide groups is 2. The molecule has 2 aliphatic rings. The van der Waals surface area contributed by atoms with E-state index in [2.05, 4.69) is 10.6 Å². The Bertz CT molecular complexity index is 903. The molecule has 5 amide bonds. The Hall–Kier alpha value is -2.86. The van der Waals surface area contributed by atoms with Crippen LogP contribution in [0.3, 0.4) is 0 Å². The molecule has 3 rings (SSSR count). The maximum absolute atomic E-state index is 12.5. The van der Waals surface area contributed by atoms with Gasteiger partial charge in [0, 0.05) is 5.69 Å². The summed E-state index contributed by atoms with van der Waals surface area (Å²) >= 11 is 1.26. The van der Waals surface area contributed by atoms with Gasteiger partial charge in [0.15, 0.2) is 0 Å². The van der Waals surface area contributed by atoms with Crippen molar-refractivity contribution in [2.24, 2.45) is 0 Å². The third-order valence-corrected chi connectivity index (χ3v) is 6.31. The molecule has 0 aliphatic carbocycles. The zero-order valence-electron chi connectivity index (χ0n) is 15.0. The van der Waals surface area contributed by atoms with E-state index < -0.39 is 51.2 Å². The van der Waals surface area contributed by atoms with Crippen LogP contribution >= 0.6 is 23.5 Å². The Balaban J connectivity index is 1.59. The van der Waals surface area contributed by atoms with Gasteiger partial charge in [0.25, 0.3) is 10.5 Å². The Kier molecular flexibility index (Phi) is 6.23. The number of hydrogen-bond acceptors (Lipinski definition) is 9. The van der Waals surface area contributed by atoms with Gasteiger partial charge in [-0.2, -0.15) is 0 Å². The van der Waals surface area contributed by atoms with Crippen LogP contribution in [0.2, 0.25) is 0 Å². The summed E-state index contributed by atoms with van der Waals surface area (Å²) in [5.74, 6) is -2.45. The first kappa shape index (κ1) is 20.9. The zero-order valence-corrected chi connectivity index (χ0v) is 16.6. The van der Waals surface area contributed by atoms with E-state index in [0.717, 1.165) is 4.90 Å². The van der Waals surface area contributed by atoms with E-state index in [4.69, 9.17) is 4.74 Å². The average Bonchev–Trinajstić information content (AvgIpc) is 3.14. The van der Waals surface area contributed by atoms with Crippen LogP contribution in [0, 0.1) is 0 Å². The van der Waals surface area contributed by atoms with Crippen molar-refractivity contribution in [3.05, 3.63) is 29.8 Å². The van der Waals surface area contributed by atoms with Crippen molar-refractivity contribution in [1.29, 1.82) is 0 Å². The lowest BCUT2D eigenvalue weighted by Crippen LogP contribution is -2.42. The Labute approximate surface area is 173 Å². The smallest absolute Gasteiger partial charge is 0.338 e. The summed E-state index contributed by atoms with van der Waals surface area (Å²) in [6, 6.07) is 5.91. The first-order valence-electron chi connectivity index (χ1n) is 8.40. The predicted octanol–water partition coefficient (Wildman–Crippen LogP) is 1.22. The molecule has 10 nitrogen and oxygen atoms in total. The van der Waals surface area contributed by atoms with Gasteiger partial charge in [0.05, 0.1) is 12.2 Å². The molecule has 1 aromatic rings. The van der Waals surface area contributed by atoms with Crippen LogP contribution in [0.15, 0.2) is 24.3 Å². The molecule has 2 unspecified atom stereocenters. The van der Waals surface area contributed by atoms with Crippen LogP contribution in [-0.2, 0) is 19.1 Å². The van der Waals surface area contributed by atoms with Crippen LogP contribution in [0.1, 0.15) is 17.3 Å². The maximum atomic E-state index is 12.5. The minimum Gasteiger partial charge on any atom is -0.462 e. The molecule has 2 aliphatic heterocycles. The monoisotopic (exact) mass is 437 g/mol. The van der Waals surface area contributed by atoms with E-state index in [1.807, 2.05) is 0 Å². The number of ether oxygens (including phenoxy) is 1. The molecule has 152 valence electrons. The second-order valence-corrected chi connectivity index (χ2v) is 8.10. The van der Waals surface area contributed by atoms with E-state index in [1.54, 1.807) is 6.92 Å². The predicted molar refractivity (Wildman–Crippen MR) is 104 cm³/mol. The van der Waals surface area contributed by atoms with E-state index in [0.29, 0.717) is 34.8 Å². The molecular formula is C17H15N3O7S2. The summed E-state index contributed by atoms with van der Waals surface area (Å²) in [6.07, 6.45) is 0. The highest BCUT2D eigenvalue weighted by Crippen LogP contribution is 2.36. The molecule has 0 saturated carbocycles. The van der Waals surface area contributed by atoms with Crippen LogP contribution in [-0.4, -0.2) is 62.7 Å². The van der Waals surface area contributed by atoms with Gasteiger partial charge >= 0.3 is 5.97 Å². The van der Waals surface area contributed by atoms with Gasteiger partial charge in [-0.1, -0.05) is 0 Å². The quantitative estimate of drug-likeness (QED) is 0.629. The molecule has 2 atom stereocenters. The van der Waals surface area contributed by atoms with Crippen LogP contribution in [0.5, 0.6) is 0 Å². The van der Waals surface area contributed by atoms with Crippen LogP contribution in [0.4, 0.5) is 15.3 Å². The molecule has 0 spiro atoms. The van der Waals surface area contributed by atoms with Gasteiger partial charge < -0.3 is 10.1 Å². The number of carbonyl (C=O) groups is 6. The van der Waals surface area contributed by atoms with Gasteiger partial charge in [-0.3, -0.25) is 34.2 Å². The first-order valence-corrected chi connectivity index (χ1v) is 10.2. The molecule has 12 heteroatoms. The van der Waals surface area contributed by atoms with Crippen molar-refractivity contribution in [1.82, 2.24) is 10.2 Å². The highest BCUT2D eigenvalue weighted by atomic mass is 32.2. The summed E-state index contributed by atoms with van der Waals surface area (Å²) in [5, 5.41) is 1.28.